The molecule has 102 valence electrons. The van der Waals surface area contributed by atoms with Crippen LogP contribution in [-0.4, -0.2) is 19.1 Å². The van der Waals surface area contributed by atoms with Gasteiger partial charge in [-0.05, 0) is 42.2 Å². The Morgan fingerprint density at radius 3 is 2.75 bits per heavy atom. The Morgan fingerprint density at radius 1 is 1.15 bits per heavy atom. The molecule has 2 nitrogen and oxygen atoms in total. The molecule has 3 rings (SSSR count). The van der Waals surface area contributed by atoms with Gasteiger partial charge in [-0.3, -0.25) is 4.79 Å². The van der Waals surface area contributed by atoms with Crippen molar-refractivity contribution in [1.82, 2.24) is 0 Å². The monoisotopic (exact) mass is 302 g/mol. The highest BCUT2D eigenvalue weighted by atomic mass is 32.2. The molecule has 0 spiro atoms. The van der Waals surface area contributed by atoms with Crippen LogP contribution in [0.2, 0.25) is 0 Å². The van der Waals surface area contributed by atoms with Gasteiger partial charge in [0, 0.05) is 26.7 Å². The number of Topliss-reactive ketones (excluding diaryl/α,β-unsaturated/α-hetero) is 1. The summed E-state index contributed by atoms with van der Waals surface area (Å²) in [5, 5.41) is 0. The average Bonchev–Trinajstić information content (AvgIpc) is 2.62. The minimum absolute atomic E-state index is 0.187. The van der Waals surface area contributed by atoms with Gasteiger partial charge in [-0.25, -0.2) is 0 Å². The fourth-order valence-electron chi connectivity index (χ4n) is 2.23. The van der Waals surface area contributed by atoms with E-state index >= 15 is 0 Å². The van der Waals surface area contributed by atoms with Gasteiger partial charge in [-0.15, -0.1) is 11.8 Å². The van der Waals surface area contributed by atoms with Crippen LogP contribution in [0.25, 0.3) is 0 Å². The van der Waals surface area contributed by atoms with Gasteiger partial charge in [0.25, 0.3) is 0 Å². The zero-order chi connectivity index (χ0) is 14.1. The molecule has 1 heterocycles. The SMILES string of the molecule is COc1ccc2c(c1)Sc1ccc(SC)cc1C(=O)C2. The summed E-state index contributed by atoms with van der Waals surface area (Å²) in [4.78, 5) is 15.7. The summed E-state index contributed by atoms with van der Waals surface area (Å²) in [6.45, 7) is 0. The van der Waals surface area contributed by atoms with Crippen molar-refractivity contribution in [3.63, 3.8) is 0 Å². The first kappa shape index (κ1) is 13.6. The van der Waals surface area contributed by atoms with E-state index in [2.05, 4.69) is 6.07 Å². The third-order valence-corrected chi connectivity index (χ3v) is 5.23. The van der Waals surface area contributed by atoms with Gasteiger partial charge >= 0.3 is 0 Å². The first-order chi connectivity index (χ1) is 9.71. The van der Waals surface area contributed by atoms with Crippen molar-refractivity contribution in [2.24, 2.45) is 0 Å². The lowest BCUT2D eigenvalue weighted by Crippen LogP contribution is -2.03. The molecule has 0 bridgehead atoms. The number of thioether (sulfide) groups is 1. The Kier molecular flexibility index (Phi) is 3.76. The largest absolute Gasteiger partial charge is 0.497 e. The molecular formula is C16H14O2S2. The minimum Gasteiger partial charge on any atom is -0.497 e. The van der Waals surface area contributed by atoms with Crippen LogP contribution in [0.3, 0.4) is 0 Å². The number of hydrogen-bond acceptors (Lipinski definition) is 4. The van der Waals surface area contributed by atoms with E-state index in [4.69, 9.17) is 4.74 Å². The van der Waals surface area contributed by atoms with E-state index in [0.29, 0.717) is 6.42 Å². The maximum atomic E-state index is 12.4. The predicted octanol–water partition coefficient (Wildman–Crippen LogP) is 4.31. The second-order valence-electron chi connectivity index (χ2n) is 4.54. The average molecular weight is 302 g/mol. The molecule has 2 aromatic rings. The lowest BCUT2D eigenvalue weighted by Gasteiger charge is -2.07. The molecule has 0 saturated carbocycles. The first-order valence-electron chi connectivity index (χ1n) is 6.27. The van der Waals surface area contributed by atoms with E-state index in [-0.39, 0.29) is 5.78 Å². The van der Waals surface area contributed by atoms with Gasteiger partial charge in [0.2, 0.25) is 0 Å². The fourth-order valence-corrected chi connectivity index (χ4v) is 3.77. The van der Waals surface area contributed by atoms with Gasteiger partial charge in [0.15, 0.2) is 5.78 Å². The zero-order valence-electron chi connectivity index (χ0n) is 11.3. The number of ether oxygens (including phenoxy) is 1. The molecule has 0 aromatic heterocycles. The minimum atomic E-state index is 0.187. The van der Waals surface area contributed by atoms with Crippen molar-refractivity contribution in [2.45, 2.75) is 21.1 Å². The van der Waals surface area contributed by atoms with E-state index < -0.39 is 0 Å². The Labute approximate surface area is 126 Å². The van der Waals surface area contributed by atoms with E-state index in [1.807, 2.05) is 36.6 Å². The third kappa shape index (κ3) is 2.45. The number of rotatable bonds is 2. The van der Waals surface area contributed by atoms with Crippen LogP contribution in [0.1, 0.15) is 15.9 Å². The maximum absolute atomic E-state index is 12.4. The quantitative estimate of drug-likeness (QED) is 0.772. The summed E-state index contributed by atoms with van der Waals surface area (Å²) in [6.07, 6.45) is 2.48. The number of carbonyl (C=O) groups excluding carboxylic acids is 1. The van der Waals surface area contributed by atoms with Crippen molar-refractivity contribution >= 4 is 29.3 Å². The molecule has 0 radical (unpaired) electrons. The Balaban J connectivity index is 2.09. The lowest BCUT2D eigenvalue weighted by molar-refractivity contribution is 0.0990. The van der Waals surface area contributed by atoms with Crippen molar-refractivity contribution in [3.8, 4) is 5.75 Å². The van der Waals surface area contributed by atoms with Gasteiger partial charge in [0.1, 0.15) is 5.75 Å². The van der Waals surface area contributed by atoms with Crippen LogP contribution in [0.4, 0.5) is 0 Å². The van der Waals surface area contributed by atoms with Crippen molar-refractivity contribution in [2.75, 3.05) is 13.4 Å². The second kappa shape index (κ2) is 5.54. The number of fused-ring (bicyclic) bond motifs is 2. The molecule has 1 aliphatic heterocycles. The molecule has 0 N–H and O–H groups in total. The second-order valence-corrected chi connectivity index (χ2v) is 6.50. The highest BCUT2D eigenvalue weighted by molar-refractivity contribution is 7.99. The Hall–Kier alpha value is -1.39. The van der Waals surface area contributed by atoms with Crippen LogP contribution in [0.15, 0.2) is 51.1 Å². The summed E-state index contributed by atoms with van der Waals surface area (Å²) in [5.74, 6) is 1.01. The molecule has 2 aromatic carbocycles. The molecule has 0 atom stereocenters. The molecular weight excluding hydrogens is 288 g/mol. The van der Waals surface area contributed by atoms with Crippen LogP contribution in [-0.2, 0) is 6.42 Å². The highest BCUT2D eigenvalue weighted by Gasteiger charge is 2.21. The zero-order valence-corrected chi connectivity index (χ0v) is 12.9. The number of carbonyl (C=O) groups is 1. The summed E-state index contributed by atoms with van der Waals surface area (Å²) in [5.41, 5.74) is 1.90. The smallest absolute Gasteiger partial charge is 0.168 e. The van der Waals surface area contributed by atoms with Crippen LogP contribution >= 0.6 is 23.5 Å². The first-order valence-corrected chi connectivity index (χ1v) is 8.31. The molecule has 0 amide bonds. The number of hydrogen-bond donors (Lipinski definition) is 0. The van der Waals surface area contributed by atoms with Gasteiger partial charge in [-0.2, -0.15) is 0 Å². The number of benzene rings is 2. The van der Waals surface area contributed by atoms with Gasteiger partial charge in [0.05, 0.1) is 7.11 Å². The predicted molar refractivity (Wildman–Crippen MR) is 83.4 cm³/mol. The standard InChI is InChI=1S/C16H14O2S2/c1-18-11-4-3-10-7-14(17)13-9-12(19-2)5-6-15(13)20-16(10)8-11/h3-6,8-9H,7H2,1-2H3. The van der Waals surface area contributed by atoms with Crippen molar-refractivity contribution in [3.05, 3.63) is 47.5 Å². The topological polar surface area (TPSA) is 26.3 Å². The lowest BCUT2D eigenvalue weighted by atomic mass is 10.0. The summed E-state index contributed by atoms with van der Waals surface area (Å²) in [7, 11) is 1.66. The normalized spacial score (nSPS) is 13.4. The molecule has 20 heavy (non-hydrogen) atoms. The maximum Gasteiger partial charge on any atom is 0.168 e. The molecule has 0 saturated heterocycles. The highest BCUT2D eigenvalue weighted by Crippen LogP contribution is 2.39. The van der Waals surface area contributed by atoms with Crippen LogP contribution < -0.4 is 4.74 Å². The molecule has 0 unspecified atom stereocenters. The summed E-state index contributed by atoms with van der Waals surface area (Å²) >= 11 is 3.30. The Bertz CT molecular complexity index is 680. The van der Waals surface area contributed by atoms with Crippen molar-refractivity contribution in [1.29, 1.82) is 0 Å². The number of ketones is 1. The molecule has 4 heteroatoms. The summed E-state index contributed by atoms with van der Waals surface area (Å²) < 4.78 is 5.27. The van der Waals surface area contributed by atoms with Gasteiger partial charge in [-0.1, -0.05) is 17.8 Å². The van der Waals surface area contributed by atoms with Crippen molar-refractivity contribution < 1.29 is 9.53 Å². The van der Waals surface area contributed by atoms with Crippen LogP contribution in [0.5, 0.6) is 5.75 Å². The molecule has 1 aliphatic rings. The van der Waals surface area contributed by atoms with Gasteiger partial charge < -0.3 is 4.74 Å². The van der Waals surface area contributed by atoms with E-state index in [1.165, 1.54) is 0 Å². The summed E-state index contributed by atoms with van der Waals surface area (Å²) in [6, 6.07) is 12.0. The van der Waals surface area contributed by atoms with Crippen LogP contribution in [0, 0.1) is 0 Å². The van der Waals surface area contributed by atoms with E-state index in [1.54, 1.807) is 30.6 Å². The van der Waals surface area contributed by atoms with E-state index in [9.17, 15) is 4.79 Å². The Morgan fingerprint density at radius 2 is 2.00 bits per heavy atom. The third-order valence-electron chi connectivity index (χ3n) is 3.33. The van der Waals surface area contributed by atoms with E-state index in [0.717, 1.165) is 31.6 Å². The number of methoxy groups -OCH3 is 1. The molecule has 0 fully saturated rings. The molecule has 0 aliphatic carbocycles. The fraction of sp³-hybridized carbons (Fsp3) is 0.188.